The van der Waals surface area contributed by atoms with Gasteiger partial charge >= 0.3 is 0 Å². The minimum Gasteiger partial charge on any atom is -0.457 e. The van der Waals surface area contributed by atoms with Gasteiger partial charge < -0.3 is 4.42 Å². The Kier molecular flexibility index (Phi) is 4.31. The molecule has 0 bridgehead atoms. The molecule has 0 spiro atoms. The van der Waals surface area contributed by atoms with Crippen LogP contribution in [0.1, 0.15) is 11.3 Å². The van der Waals surface area contributed by atoms with E-state index in [9.17, 15) is 5.26 Å². The number of hydrogen-bond acceptors (Lipinski definition) is 2. The standard InChI is InChI=1S/C23H14ClNO/c24-21-9-7-17(8-10-21)23-12-11-22(26-23)14-20(15-25)19-6-5-16-3-1-2-4-18(16)13-19/h1-14H/b20-14-. The Labute approximate surface area is 156 Å². The zero-order valence-electron chi connectivity index (χ0n) is 13.8. The number of hydrogen-bond donors (Lipinski definition) is 0. The summed E-state index contributed by atoms with van der Waals surface area (Å²) in [6, 6.07) is 27.6. The molecule has 3 heteroatoms. The van der Waals surface area contributed by atoms with Gasteiger partial charge in [0.05, 0.1) is 11.6 Å². The SMILES string of the molecule is N#C/C(=C/c1ccc(-c2ccc(Cl)cc2)o1)c1ccc2ccccc2c1. The van der Waals surface area contributed by atoms with Crippen molar-refractivity contribution >= 4 is 34.0 Å². The molecule has 0 amide bonds. The number of benzene rings is 3. The van der Waals surface area contributed by atoms with Crippen LogP contribution in [-0.2, 0) is 0 Å². The lowest BCUT2D eigenvalue weighted by Gasteiger charge is -2.02. The molecule has 0 saturated carbocycles. The topological polar surface area (TPSA) is 36.9 Å². The van der Waals surface area contributed by atoms with Crippen molar-refractivity contribution in [3.05, 3.63) is 95.2 Å². The largest absolute Gasteiger partial charge is 0.457 e. The Morgan fingerprint density at radius 3 is 2.42 bits per heavy atom. The van der Waals surface area contributed by atoms with Crippen molar-refractivity contribution in [1.29, 1.82) is 5.26 Å². The third-order valence-electron chi connectivity index (χ3n) is 4.22. The van der Waals surface area contributed by atoms with Gasteiger partial charge in [-0.1, -0.05) is 48.0 Å². The molecule has 0 aliphatic carbocycles. The highest BCUT2D eigenvalue weighted by Gasteiger charge is 2.07. The first-order valence-corrected chi connectivity index (χ1v) is 8.57. The molecule has 3 aromatic carbocycles. The second-order valence-electron chi connectivity index (χ2n) is 5.94. The van der Waals surface area contributed by atoms with Gasteiger partial charge in [0.1, 0.15) is 11.5 Å². The van der Waals surface area contributed by atoms with E-state index in [0.29, 0.717) is 16.4 Å². The van der Waals surface area contributed by atoms with Crippen LogP contribution in [0.25, 0.3) is 33.7 Å². The zero-order chi connectivity index (χ0) is 17.9. The molecule has 0 radical (unpaired) electrons. The zero-order valence-corrected chi connectivity index (χ0v) is 14.6. The van der Waals surface area contributed by atoms with E-state index < -0.39 is 0 Å². The van der Waals surface area contributed by atoms with E-state index in [4.69, 9.17) is 16.0 Å². The van der Waals surface area contributed by atoms with Gasteiger partial charge in [-0.25, -0.2) is 0 Å². The average Bonchev–Trinajstić information content (AvgIpc) is 3.15. The number of nitrogens with zero attached hydrogens (tertiary/aromatic N) is 1. The predicted octanol–water partition coefficient (Wildman–Crippen LogP) is 6.82. The van der Waals surface area contributed by atoms with Gasteiger partial charge in [-0.2, -0.15) is 5.26 Å². The molecule has 1 aromatic heterocycles. The van der Waals surface area contributed by atoms with Crippen molar-refractivity contribution in [2.75, 3.05) is 0 Å². The highest BCUT2D eigenvalue weighted by atomic mass is 35.5. The monoisotopic (exact) mass is 355 g/mol. The summed E-state index contributed by atoms with van der Waals surface area (Å²) in [5.74, 6) is 1.38. The molecule has 4 rings (SSSR count). The van der Waals surface area contributed by atoms with E-state index in [1.807, 2.05) is 72.8 Å². The van der Waals surface area contributed by atoms with E-state index in [0.717, 1.165) is 27.7 Å². The van der Waals surface area contributed by atoms with Crippen LogP contribution in [-0.4, -0.2) is 0 Å². The molecule has 0 saturated heterocycles. The van der Waals surface area contributed by atoms with Crippen LogP contribution in [0.2, 0.25) is 5.02 Å². The van der Waals surface area contributed by atoms with Crippen LogP contribution in [0.4, 0.5) is 0 Å². The first-order chi connectivity index (χ1) is 12.7. The minimum atomic E-state index is 0.563. The second kappa shape index (κ2) is 6.92. The number of fused-ring (bicyclic) bond motifs is 1. The molecular formula is C23H14ClNO. The number of furan rings is 1. The lowest BCUT2D eigenvalue weighted by Crippen LogP contribution is -1.82. The normalized spacial score (nSPS) is 11.5. The predicted molar refractivity (Wildman–Crippen MR) is 107 cm³/mol. The Morgan fingerprint density at radius 2 is 1.65 bits per heavy atom. The van der Waals surface area contributed by atoms with E-state index in [-0.39, 0.29) is 0 Å². The Balaban J connectivity index is 1.69. The lowest BCUT2D eigenvalue weighted by molar-refractivity contribution is 0.572. The van der Waals surface area contributed by atoms with Crippen molar-refractivity contribution in [2.24, 2.45) is 0 Å². The molecular weight excluding hydrogens is 342 g/mol. The van der Waals surface area contributed by atoms with E-state index in [2.05, 4.69) is 12.1 Å². The van der Waals surface area contributed by atoms with Crippen molar-refractivity contribution in [1.82, 2.24) is 0 Å². The summed E-state index contributed by atoms with van der Waals surface area (Å²) in [5.41, 5.74) is 2.38. The molecule has 0 unspecified atom stereocenters. The highest BCUT2D eigenvalue weighted by molar-refractivity contribution is 6.30. The van der Waals surface area contributed by atoms with Gasteiger partial charge in [0.15, 0.2) is 0 Å². The molecule has 1 heterocycles. The third kappa shape index (κ3) is 3.26. The fourth-order valence-corrected chi connectivity index (χ4v) is 3.00. The van der Waals surface area contributed by atoms with Crippen LogP contribution >= 0.6 is 11.6 Å². The number of allylic oxidation sites excluding steroid dienone is 1. The van der Waals surface area contributed by atoms with Crippen molar-refractivity contribution in [2.45, 2.75) is 0 Å². The smallest absolute Gasteiger partial charge is 0.134 e. The van der Waals surface area contributed by atoms with Gasteiger partial charge in [0.25, 0.3) is 0 Å². The Morgan fingerprint density at radius 1 is 0.885 bits per heavy atom. The maximum atomic E-state index is 9.59. The molecule has 4 aromatic rings. The number of rotatable bonds is 3. The molecule has 0 fully saturated rings. The minimum absolute atomic E-state index is 0.563. The summed E-state index contributed by atoms with van der Waals surface area (Å²) >= 11 is 5.93. The average molecular weight is 356 g/mol. The highest BCUT2D eigenvalue weighted by Crippen LogP contribution is 2.27. The van der Waals surface area contributed by atoms with Gasteiger partial charge in [0, 0.05) is 10.6 Å². The van der Waals surface area contributed by atoms with Crippen molar-refractivity contribution < 1.29 is 4.42 Å². The van der Waals surface area contributed by atoms with E-state index in [1.165, 1.54) is 0 Å². The molecule has 0 atom stereocenters. The second-order valence-corrected chi connectivity index (χ2v) is 6.38. The van der Waals surface area contributed by atoms with Crippen LogP contribution in [0.15, 0.2) is 83.3 Å². The molecule has 0 aliphatic rings. The van der Waals surface area contributed by atoms with Crippen molar-refractivity contribution in [3.8, 4) is 17.4 Å². The summed E-state index contributed by atoms with van der Waals surface area (Å²) in [4.78, 5) is 0. The first-order valence-electron chi connectivity index (χ1n) is 8.20. The first kappa shape index (κ1) is 16.2. The number of nitriles is 1. The fourth-order valence-electron chi connectivity index (χ4n) is 2.88. The molecule has 0 aliphatic heterocycles. The Hall–Kier alpha value is -3.28. The molecule has 26 heavy (non-hydrogen) atoms. The molecule has 0 N–H and O–H groups in total. The summed E-state index contributed by atoms with van der Waals surface area (Å²) in [6.45, 7) is 0. The van der Waals surface area contributed by atoms with E-state index in [1.54, 1.807) is 6.08 Å². The van der Waals surface area contributed by atoms with Gasteiger partial charge in [-0.05, 0) is 64.9 Å². The molecule has 2 nitrogen and oxygen atoms in total. The summed E-state index contributed by atoms with van der Waals surface area (Å²) in [5, 5.41) is 12.5. The van der Waals surface area contributed by atoms with Crippen LogP contribution in [0.3, 0.4) is 0 Å². The summed E-state index contributed by atoms with van der Waals surface area (Å²) in [7, 11) is 0. The lowest BCUT2D eigenvalue weighted by atomic mass is 10.0. The van der Waals surface area contributed by atoms with Gasteiger partial charge in [-0.3, -0.25) is 0 Å². The maximum Gasteiger partial charge on any atom is 0.134 e. The summed E-state index contributed by atoms with van der Waals surface area (Å²) < 4.78 is 5.88. The van der Waals surface area contributed by atoms with Crippen LogP contribution in [0.5, 0.6) is 0 Å². The number of halogens is 1. The third-order valence-corrected chi connectivity index (χ3v) is 4.48. The van der Waals surface area contributed by atoms with E-state index >= 15 is 0 Å². The van der Waals surface area contributed by atoms with Gasteiger partial charge in [-0.15, -0.1) is 0 Å². The van der Waals surface area contributed by atoms with Crippen LogP contribution < -0.4 is 0 Å². The summed E-state index contributed by atoms with van der Waals surface area (Å²) in [6.07, 6.45) is 1.77. The fraction of sp³-hybridized carbons (Fsp3) is 0. The maximum absolute atomic E-state index is 9.59. The molecule has 124 valence electrons. The quantitative estimate of drug-likeness (QED) is 0.378. The van der Waals surface area contributed by atoms with Gasteiger partial charge in [0.2, 0.25) is 0 Å². The van der Waals surface area contributed by atoms with Crippen molar-refractivity contribution in [3.63, 3.8) is 0 Å². The Bertz CT molecular complexity index is 1150. The van der Waals surface area contributed by atoms with Crippen LogP contribution in [0, 0.1) is 11.3 Å².